The SMILES string of the molecule is CCCCCCCC1(C2(F)C(F)=CCC=C2F)CCCCC1. The largest absolute Gasteiger partial charge is 0.228 e. The lowest BCUT2D eigenvalue weighted by Gasteiger charge is -2.47. The third-order valence-electron chi connectivity index (χ3n) is 5.55. The number of halogens is 3. The van der Waals surface area contributed by atoms with Gasteiger partial charge in [0.1, 0.15) is 11.7 Å². The normalized spacial score (nSPS) is 23.8. The summed E-state index contributed by atoms with van der Waals surface area (Å²) in [6.45, 7) is 2.15. The lowest BCUT2D eigenvalue weighted by Crippen LogP contribution is -2.48. The number of rotatable bonds is 7. The first kappa shape index (κ1) is 17.6. The van der Waals surface area contributed by atoms with E-state index in [2.05, 4.69) is 6.92 Å². The molecule has 0 N–H and O–H groups in total. The Bertz CT molecular complexity index is 398. The molecule has 0 radical (unpaired) electrons. The van der Waals surface area contributed by atoms with Crippen LogP contribution in [0.15, 0.2) is 23.8 Å². The standard InChI is InChI=1S/C19H29F3/c1-2-3-4-5-7-13-18(14-8-6-9-15-18)19(22)16(20)11-10-12-17(19)21/h11-12H,2-10,13-15H2,1H3. The Kier molecular flexibility index (Phi) is 6.17. The second-order valence-corrected chi connectivity index (χ2v) is 7.00. The van der Waals surface area contributed by atoms with E-state index in [0.717, 1.165) is 44.9 Å². The van der Waals surface area contributed by atoms with Crippen LogP contribution < -0.4 is 0 Å². The quantitative estimate of drug-likeness (QED) is 0.439. The topological polar surface area (TPSA) is 0 Å². The fraction of sp³-hybridized carbons (Fsp3) is 0.789. The average molecular weight is 314 g/mol. The van der Waals surface area contributed by atoms with Gasteiger partial charge < -0.3 is 0 Å². The van der Waals surface area contributed by atoms with Gasteiger partial charge in [-0.2, -0.15) is 0 Å². The molecule has 126 valence electrons. The van der Waals surface area contributed by atoms with Crippen molar-refractivity contribution in [1.82, 2.24) is 0 Å². The van der Waals surface area contributed by atoms with Gasteiger partial charge in [-0.15, -0.1) is 0 Å². The molecule has 22 heavy (non-hydrogen) atoms. The maximum atomic E-state index is 15.6. The first-order chi connectivity index (χ1) is 10.6. The van der Waals surface area contributed by atoms with Crippen LogP contribution in [0, 0.1) is 5.41 Å². The minimum Gasteiger partial charge on any atom is -0.228 e. The summed E-state index contributed by atoms with van der Waals surface area (Å²) in [6.07, 6.45) is 12.5. The van der Waals surface area contributed by atoms with E-state index in [1.807, 2.05) is 0 Å². The summed E-state index contributed by atoms with van der Waals surface area (Å²) in [7, 11) is 0. The zero-order chi connectivity index (χ0) is 16.1. The molecule has 0 spiro atoms. The molecular weight excluding hydrogens is 285 g/mol. The van der Waals surface area contributed by atoms with Gasteiger partial charge in [-0.1, -0.05) is 58.3 Å². The molecule has 0 heterocycles. The molecule has 0 aromatic heterocycles. The van der Waals surface area contributed by atoms with Crippen molar-refractivity contribution in [2.24, 2.45) is 5.41 Å². The summed E-state index contributed by atoms with van der Waals surface area (Å²) in [5.41, 5.74) is -3.38. The molecule has 0 saturated heterocycles. The van der Waals surface area contributed by atoms with E-state index in [1.54, 1.807) is 0 Å². The number of allylic oxidation sites excluding steroid dienone is 4. The van der Waals surface area contributed by atoms with E-state index in [0.29, 0.717) is 19.3 Å². The summed E-state index contributed by atoms with van der Waals surface area (Å²) < 4.78 is 44.3. The van der Waals surface area contributed by atoms with E-state index >= 15 is 4.39 Å². The summed E-state index contributed by atoms with van der Waals surface area (Å²) in [5, 5.41) is 0. The van der Waals surface area contributed by atoms with Crippen molar-refractivity contribution in [3.05, 3.63) is 23.8 Å². The van der Waals surface area contributed by atoms with Gasteiger partial charge in [0.05, 0.1) is 0 Å². The molecule has 0 atom stereocenters. The Hall–Kier alpha value is -0.730. The molecular formula is C19H29F3. The van der Waals surface area contributed by atoms with Crippen LogP contribution in [0.25, 0.3) is 0 Å². The van der Waals surface area contributed by atoms with Gasteiger partial charge in [-0.25, -0.2) is 13.2 Å². The van der Waals surface area contributed by atoms with Crippen molar-refractivity contribution >= 4 is 0 Å². The molecule has 0 unspecified atom stereocenters. The summed E-state index contributed by atoms with van der Waals surface area (Å²) in [6, 6.07) is 0. The highest BCUT2D eigenvalue weighted by atomic mass is 19.2. The molecule has 1 fully saturated rings. The monoisotopic (exact) mass is 314 g/mol. The molecule has 0 aliphatic heterocycles. The highest BCUT2D eigenvalue weighted by Crippen LogP contribution is 2.58. The minimum atomic E-state index is -2.50. The smallest absolute Gasteiger partial charge is 0.217 e. The van der Waals surface area contributed by atoms with E-state index in [4.69, 9.17) is 0 Å². The predicted molar refractivity (Wildman–Crippen MR) is 85.7 cm³/mol. The van der Waals surface area contributed by atoms with Crippen LogP contribution in [0.3, 0.4) is 0 Å². The highest BCUT2D eigenvalue weighted by molar-refractivity contribution is 5.34. The zero-order valence-corrected chi connectivity index (χ0v) is 13.8. The number of unbranched alkanes of at least 4 members (excludes halogenated alkanes) is 4. The van der Waals surface area contributed by atoms with Gasteiger partial charge in [0.15, 0.2) is 0 Å². The molecule has 2 rings (SSSR count). The molecule has 0 aromatic carbocycles. The van der Waals surface area contributed by atoms with E-state index in [9.17, 15) is 8.78 Å². The Morgan fingerprint density at radius 2 is 1.50 bits per heavy atom. The second kappa shape index (κ2) is 7.70. The van der Waals surface area contributed by atoms with Crippen molar-refractivity contribution in [3.8, 4) is 0 Å². The molecule has 2 aliphatic carbocycles. The van der Waals surface area contributed by atoms with Crippen LogP contribution in [0.2, 0.25) is 0 Å². The minimum absolute atomic E-state index is 0.163. The Morgan fingerprint density at radius 1 is 0.909 bits per heavy atom. The Balaban J connectivity index is 2.15. The van der Waals surface area contributed by atoms with E-state index in [1.165, 1.54) is 18.6 Å². The van der Waals surface area contributed by atoms with Crippen molar-refractivity contribution < 1.29 is 13.2 Å². The third-order valence-corrected chi connectivity index (χ3v) is 5.55. The second-order valence-electron chi connectivity index (χ2n) is 7.00. The van der Waals surface area contributed by atoms with Crippen LogP contribution in [0.4, 0.5) is 13.2 Å². The molecule has 0 nitrogen and oxygen atoms in total. The lowest BCUT2D eigenvalue weighted by molar-refractivity contribution is -0.0228. The van der Waals surface area contributed by atoms with E-state index < -0.39 is 22.7 Å². The summed E-state index contributed by atoms with van der Waals surface area (Å²) in [5.74, 6) is -1.77. The van der Waals surface area contributed by atoms with Gasteiger partial charge in [0.25, 0.3) is 0 Å². The third kappa shape index (κ3) is 3.28. The summed E-state index contributed by atoms with van der Waals surface area (Å²) >= 11 is 0. The molecule has 0 amide bonds. The highest BCUT2D eigenvalue weighted by Gasteiger charge is 2.58. The molecule has 0 bridgehead atoms. The van der Waals surface area contributed by atoms with Crippen LogP contribution in [-0.2, 0) is 0 Å². The average Bonchev–Trinajstić information content (AvgIpc) is 2.53. The van der Waals surface area contributed by atoms with Crippen LogP contribution in [0.1, 0.15) is 84.0 Å². The van der Waals surface area contributed by atoms with Crippen LogP contribution in [0.5, 0.6) is 0 Å². The Labute approximate surface area is 132 Å². The van der Waals surface area contributed by atoms with Crippen molar-refractivity contribution in [2.75, 3.05) is 0 Å². The first-order valence-electron chi connectivity index (χ1n) is 8.98. The number of alkyl halides is 1. The Morgan fingerprint density at radius 3 is 2.09 bits per heavy atom. The molecule has 1 saturated carbocycles. The number of hydrogen-bond acceptors (Lipinski definition) is 0. The zero-order valence-electron chi connectivity index (χ0n) is 13.8. The van der Waals surface area contributed by atoms with Gasteiger partial charge in [0, 0.05) is 5.41 Å². The van der Waals surface area contributed by atoms with Crippen LogP contribution in [-0.4, -0.2) is 5.67 Å². The maximum Gasteiger partial charge on any atom is 0.217 e. The molecule has 2 aliphatic rings. The van der Waals surface area contributed by atoms with Gasteiger partial charge in [-0.3, -0.25) is 0 Å². The molecule has 3 heteroatoms. The van der Waals surface area contributed by atoms with Gasteiger partial charge >= 0.3 is 0 Å². The maximum absolute atomic E-state index is 15.6. The van der Waals surface area contributed by atoms with E-state index in [-0.39, 0.29) is 6.42 Å². The van der Waals surface area contributed by atoms with Gasteiger partial charge in [0.2, 0.25) is 5.67 Å². The van der Waals surface area contributed by atoms with Crippen molar-refractivity contribution in [2.45, 2.75) is 89.6 Å². The van der Waals surface area contributed by atoms with Gasteiger partial charge in [-0.05, 0) is 37.8 Å². The lowest BCUT2D eigenvalue weighted by atomic mass is 9.60. The fourth-order valence-electron chi connectivity index (χ4n) is 4.23. The molecule has 0 aromatic rings. The summed E-state index contributed by atoms with van der Waals surface area (Å²) in [4.78, 5) is 0. The number of hydrogen-bond donors (Lipinski definition) is 0. The fourth-order valence-corrected chi connectivity index (χ4v) is 4.23. The van der Waals surface area contributed by atoms with Crippen LogP contribution >= 0.6 is 0 Å². The first-order valence-corrected chi connectivity index (χ1v) is 8.98. The van der Waals surface area contributed by atoms with Crippen molar-refractivity contribution in [3.63, 3.8) is 0 Å². The van der Waals surface area contributed by atoms with Crippen molar-refractivity contribution in [1.29, 1.82) is 0 Å². The predicted octanol–water partition coefficient (Wildman–Crippen LogP) is 7.12.